The first-order chi connectivity index (χ1) is 6.70. The van der Waals surface area contributed by atoms with Crippen molar-refractivity contribution in [3.8, 4) is 6.07 Å². The minimum Gasteiger partial charge on any atom is -0.290 e. The van der Waals surface area contributed by atoms with Gasteiger partial charge in [-0.3, -0.25) is 4.79 Å². The molecule has 0 aliphatic heterocycles. The molecule has 0 spiro atoms. The third-order valence-electron chi connectivity index (χ3n) is 1.62. The molecule has 0 N–H and O–H groups in total. The third-order valence-corrected chi connectivity index (χ3v) is 2.31. The number of ketones is 1. The topological polar surface area (TPSA) is 70.3 Å². The number of nitriles is 1. The Morgan fingerprint density at radius 3 is 2.64 bits per heavy atom. The number of halogens is 1. The SMILES string of the molecule is N#CC(N=O)C(=O)c1ccccc1Br. The lowest BCUT2D eigenvalue weighted by Crippen LogP contribution is -2.16. The highest BCUT2D eigenvalue weighted by Gasteiger charge is 2.21. The molecule has 0 bridgehead atoms. The molecule has 1 unspecified atom stereocenters. The van der Waals surface area contributed by atoms with Crippen LogP contribution in [0.2, 0.25) is 0 Å². The van der Waals surface area contributed by atoms with E-state index < -0.39 is 11.8 Å². The summed E-state index contributed by atoms with van der Waals surface area (Å²) in [5.74, 6) is -0.588. The van der Waals surface area contributed by atoms with Gasteiger partial charge in [0.05, 0.1) is 0 Å². The molecule has 1 atom stereocenters. The number of hydrogen-bond donors (Lipinski definition) is 0. The second kappa shape index (κ2) is 4.63. The van der Waals surface area contributed by atoms with Crippen molar-refractivity contribution in [2.45, 2.75) is 6.04 Å². The summed E-state index contributed by atoms with van der Waals surface area (Å²) in [6, 6.07) is 6.64. The average Bonchev–Trinajstić information content (AvgIpc) is 2.20. The van der Waals surface area contributed by atoms with E-state index in [1.54, 1.807) is 18.2 Å². The second-order valence-corrected chi connectivity index (χ2v) is 3.34. The maximum absolute atomic E-state index is 11.5. The van der Waals surface area contributed by atoms with Gasteiger partial charge in [0, 0.05) is 10.0 Å². The molecule has 0 fully saturated rings. The van der Waals surface area contributed by atoms with Crippen LogP contribution in [0.25, 0.3) is 0 Å². The van der Waals surface area contributed by atoms with Gasteiger partial charge < -0.3 is 0 Å². The summed E-state index contributed by atoms with van der Waals surface area (Å²) in [6.07, 6.45) is 0. The Hall–Kier alpha value is -1.54. The fourth-order valence-electron chi connectivity index (χ4n) is 0.938. The van der Waals surface area contributed by atoms with E-state index in [9.17, 15) is 9.70 Å². The second-order valence-electron chi connectivity index (χ2n) is 2.48. The minimum atomic E-state index is -1.46. The normalized spacial score (nSPS) is 11.4. The lowest BCUT2D eigenvalue weighted by Gasteiger charge is -2.01. The average molecular weight is 253 g/mol. The molecule has 4 nitrogen and oxygen atoms in total. The van der Waals surface area contributed by atoms with Crippen LogP contribution in [0.15, 0.2) is 33.9 Å². The molecule has 0 amide bonds. The Morgan fingerprint density at radius 2 is 2.14 bits per heavy atom. The molecule has 0 heterocycles. The minimum absolute atomic E-state index is 0.290. The number of nitroso groups, excluding NO2 is 1. The maximum Gasteiger partial charge on any atom is 0.240 e. The fraction of sp³-hybridized carbons (Fsp3) is 0.111. The Bertz CT molecular complexity index is 412. The van der Waals surface area contributed by atoms with E-state index in [2.05, 4.69) is 21.1 Å². The zero-order valence-corrected chi connectivity index (χ0v) is 8.56. The molecular formula is C9H5BrN2O2. The van der Waals surface area contributed by atoms with Crippen LogP contribution in [0.1, 0.15) is 10.4 Å². The van der Waals surface area contributed by atoms with Crippen molar-refractivity contribution in [1.82, 2.24) is 0 Å². The molecule has 70 valence electrons. The van der Waals surface area contributed by atoms with Crippen LogP contribution in [-0.4, -0.2) is 11.8 Å². The van der Waals surface area contributed by atoms with E-state index in [1.807, 2.05) is 0 Å². The van der Waals surface area contributed by atoms with E-state index in [4.69, 9.17) is 5.26 Å². The van der Waals surface area contributed by atoms with Crippen molar-refractivity contribution in [1.29, 1.82) is 5.26 Å². The quantitative estimate of drug-likeness (QED) is 0.612. The van der Waals surface area contributed by atoms with Crippen LogP contribution in [0.3, 0.4) is 0 Å². The largest absolute Gasteiger partial charge is 0.290 e. The number of carbonyl (C=O) groups is 1. The maximum atomic E-state index is 11.5. The summed E-state index contributed by atoms with van der Waals surface area (Å²) in [4.78, 5) is 21.6. The Balaban J connectivity index is 3.07. The first-order valence-electron chi connectivity index (χ1n) is 3.71. The van der Waals surface area contributed by atoms with Gasteiger partial charge in [-0.25, -0.2) is 0 Å². The molecule has 0 radical (unpaired) electrons. The monoisotopic (exact) mass is 252 g/mol. The Kier molecular flexibility index (Phi) is 3.48. The van der Waals surface area contributed by atoms with Crippen molar-refractivity contribution >= 4 is 21.7 Å². The number of rotatable bonds is 3. The van der Waals surface area contributed by atoms with Crippen molar-refractivity contribution in [2.75, 3.05) is 0 Å². The Morgan fingerprint density at radius 1 is 1.50 bits per heavy atom. The van der Waals surface area contributed by atoms with Crippen LogP contribution in [-0.2, 0) is 0 Å². The van der Waals surface area contributed by atoms with Gasteiger partial charge in [-0.15, -0.1) is 4.91 Å². The van der Waals surface area contributed by atoms with Crippen molar-refractivity contribution < 1.29 is 4.79 Å². The predicted octanol–water partition coefficient (Wildman–Crippen LogP) is 2.29. The predicted molar refractivity (Wildman–Crippen MR) is 53.7 cm³/mol. The molecular weight excluding hydrogens is 248 g/mol. The highest BCUT2D eigenvalue weighted by Crippen LogP contribution is 2.18. The van der Waals surface area contributed by atoms with Crippen molar-refractivity contribution in [2.24, 2.45) is 5.18 Å². The summed E-state index contributed by atoms with van der Waals surface area (Å²) >= 11 is 3.15. The summed E-state index contributed by atoms with van der Waals surface area (Å²) in [6.45, 7) is 0. The Labute approximate surface area is 88.6 Å². The van der Waals surface area contributed by atoms with Gasteiger partial charge in [0.25, 0.3) is 0 Å². The number of carbonyl (C=O) groups excluding carboxylic acids is 1. The number of hydrogen-bond acceptors (Lipinski definition) is 4. The van der Waals surface area contributed by atoms with Crippen LogP contribution in [0.4, 0.5) is 0 Å². The van der Waals surface area contributed by atoms with E-state index in [0.29, 0.717) is 10.0 Å². The summed E-state index contributed by atoms with van der Waals surface area (Å²) < 4.78 is 0.550. The van der Waals surface area contributed by atoms with Gasteiger partial charge in [-0.2, -0.15) is 5.26 Å². The number of benzene rings is 1. The molecule has 1 aromatic rings. The first-order valence-corrected chi connectivity index (χ1v) is 4.51. The van der Waals surface area contributed by atoms with Crippen LogP contribution >= 0.6 is 15.9 Å². The van der Waals surface area contributed by atoms with Crippen LogP contribution < -0.4 is 0 Å². The van der Waals surface area contributed by atoms with Gasteiger partial charge in [-0.05, 0) is 11.2 Å². The summed E-state index contributed by atoms with van der Waals surface area (Å²) in [5.41, 5.74) is 0.290. The lowest BCUT2D eigenvalue weighted by molar-refractivity contribution is 0.0980. The first kappa shape index (κ1) is 10.5. The van der Waals surface area contributed by atoms with Crippen LogP contribution in [0.5, 0.6) is 0 Å². The molecule has 0 saturated carbocycles. The fourth-order valence-corrected chi connectivity index (χ4v) is 1.42. The van der Waals surface area contributed by atoms with E-state index in [1.165, 1.54) is 12.1 Å². The highest BCUT2D eigenvalue weighted by molar-refractivity contribution is 9.10. The van der Waals surface area contributed by atoms with Gasteiger partial charge in [0.2, 0.25) is 11.8 Å². The van der Waals surface area contributed by atoms with Crippen molar-refractivity contribution in [3.63, 3.8) is 0 Å². The van der Waals surface area contributed by atoms with Crippen molar-refractivity contribution in [3.05, 3.63) is 39.2 Å². The zero-order chi connectivity index (χ0) is 10.6. The lowest BCUT2D eigenvalue weighted by atomic mass is 10.1. The standard InChI is InChI=1S/C9H5BrN2O2/c10-7-4-2-1-3-6(7)9(13)8(5-11)12-14/h1-4,8H. The molecule has 0 aromatic heterocycles. The van der Waals surface area contributed by atoms with Gasteiger partial charge in [0.1, 0.15) is 6.07 Å². The van der Waals surface area contributed by atoms with E-state index in [-0.39, 0.29) is 0 Å². The molecule has 0 aliphatic rings. The highest BCUT2D eigenvalue weighted by atomic mass is 79.9. The molecule has 5 heteroatoms. The molecule has 1 aromatic carbocycles. The third kappa shape index (κ3) is 2.03. The summed E-state index contributed by atoms with van der Waals surface area (Å²) in [5, 5.41) is 10.9. The van der Waals surface area contributed by atoms with Gasteiger partial charge in [0.15, 0.2) is 0 Å². The number of nitrogens with zero attached hydrogens (tertiary/aromatic N) is 2. The molecule has 0 aliphatic carbocycles. The van der Waals surface area contributed by atoms with Gasteiger partial charge >= 0.3 is 0 Å². The van der Waals surface area contributed by atoms with Gasteiger partial charge in [-0.1, -0.05) is 34.1 Å². The molecule has 1 rings (SSSR count). The van der Waals surface area contributed by atoms with Crippen LogP contribution in [0, 0.1) is 16.2 Å². The summed E-state index contributed by atoms with van der Waals surface area (Å²) in [7, 11) is 0. The molecule has 14 heavy (non-hydrogen) atoms. The van der Waals surface area contributed by atoms with E-state index in [0.717, 1.165) is 0 Å². The zero-order valence-electron chi connectivity index (χ0n) is 6.98. The molecule has 0 saturated heterocycles. The number of Topliss-reactive ketones (excluding diaryl/α,β-unsaturated/α-hetero) is 1. The van der Waals surface area contributed by atoms with E-state index >= 15 is 0 Å². The smallest absolute Gasteiger partial charge is 0.240 e.